The molecule has 140 valence electrons. The van der Waals surface area contributed by atoms with E-state index < -0.39 is 0 Å². The highest BCUT2D eigenvalue weighted by Gasteiger charge is 2.20. The van der Waals surface area contributed by atoms with Crippen molar-refractivity contribution in [2.45, 2.75) is 57.2 Å². The first-order chi connectivity index (χ1) is 12.6. The van der Waals surface area contributed by atoms with E-state index in [1.54, 1.807) is 18.3 Å². The number of aliphatic hydroxyl groups excluding tert-OH is 2. The van der Waals surface area contributed by atoms with Gasteiger partial charge < -0.3 is 20.8 Å². The van der Waals surface area contributed by atoms with E-state index in [9.17, 15) is 15.0 Å². The van der Waals surface area contributed by atoms with Crippen LogP contribution in [0.3, 0.4) is 0 Å². The van der Waals surface area contributed by atoms with Gasteiger partial charge in [0.15, 0.2) is 0 Å². The molecule has 7 heteroatoms. The van der Waals surface area contributed by atoms with Crippen molar-refractivity contribution < 1.29 is 15.0 Å². The lowest BCUT2D eigenvalue weighted by molar-refractivity contribution is 0.0916. The van der Waals surface area contributed by atoms with Crippen molar-refractivity contribution in [2.24, 2.45) is 0 Å². The van der Waals surface area contributed by atoms with Gasteiger partial charge in [0.1, 0.15) is 0 Å². The molecule has 0 saturated heterocycles. The lowest BCUT2D eigenvalue weighted by atomic mass is 9.93. The number of aliphatic hydroxyl groups is 2. The summed E-state index contributed by atoms with van der Waals surface area (Å²) in [5.41, 5.74) is 1.06. The number of hydrogen-bond acceptors (Lipinski definition) is 6. The Balaban J connectivity index is 1.82. The van der Waals surface area contributed by atoms with Gasteiger partial charge in [-0.05, 0) is 38.2 Å². The predicted octanol–water partition coefficient (Wildman–Crippen LogP) is 1.85. The van der Waals surface area contributed by atoms with E-state index in [2.05, 4.69) is 20.6 Å². The summed E-state index contributed by atoms with van der Waals surface area (Å²) in [5, 5.41) is 25.9. The zero-order chi connectivity index (χ0) is 18.5. The van der Waals surface area contributed by atoms with Crippen molar-refractivity contribution in [2.75, 3.05) is 11.9 Å². The Morgan fingerprint density at radius 1 is 1.31 bits per heavy atom. The van der Waals surface area contributed by atoms with Crippen LogP contribution in [0.1, 0.15) is 49.4 Å². The average Bonchev–Trinajstić information content (AvgIpc) is 2.67. The smallest absolute Gasteiger partial charge is 0.253 e. The van der Waals surface area contributed by atoms with Crippen molar-refractivity contribution in [1.82, 2.24) is 15.3 Å². The average molecular weight is 358 g/mol. The van der Waals surface area contributed by atoms with Gasteiger partial charge in [-0.15, -0.1) is 0 Å². The van der Waals surface area contributed by atoms with E-state index in [4.69, 9.17) is 0 Å². The lowest BCUT2D eigenvalue weighted by Crippen LogP contribution is -2.37. The maximum atomic E-state index is 12.6. The predicted molar refractivity (Wildman–Crippen MR) is 100 cm³/mol. The van der Waals surface area contributed by atoms with Crippen molar-refractivity contribution >= 4 is 22.8 Å². The molecule has 7 nitrogen and oxygen atoms in total. The molecule has 0 spiro atoms. The molecule has 0 bridgehead atoms. The molecule has 1 atom stereocenters. The van der Waals surface area contributed by atoms with E-state index in [0.717, 1.165) is 31.1 Å². The summed E-state index contributed by atoms with van der Waals surface area (Å²) in [5.74, 6) is 0.246. The number of fused-ring (bicyclic) bond motifs is 1. The number of benzene rings is 1. The Hall–Kier alpha value is -2.25. The fourth-order valence-electron chi connectivity index (χ4n) is 3.25. The van der Waals surface area contributed by atoms with E-state index in [0.29, 0.717) is 23.4 Å². The fourth-order valence-corrected chi connectivity index (χ4v) is 3.25. The van der Waals surface area contributed by atoms with Crippen LogP contribution in [0.5, 0.6) is 0 Å². The molecule has 1 aliphatic carbocycles. The minimum absolute atomic E-state index is 0.0949. The van der Waals surface area contributed by atoms with Crippen molar-refractivity contribution in [3.8, 4) is 0 Å². The summed E-state index contributed by atoms with van der Waals surface area (Å²) < 4.78 is 0. The molecular weight excluding hydrogens is 332 g/mol. The summed E-state index contributed by atoms with van der Waals surface area (Å²) in [4.78, 5) is 21.5. The highest BCUT2D eigenvalue weighted by Crippen LogP contribution is 2.23. The molecule has 4 N–H and O–H groups in total. The van der Waals surface area contributed by atoms with E-state index in [-0.39, 0.29) is 30.7 Å². The molecule has 3 rings (SSSR count). The molecule has 0 aliphatic heterocycles. The molecule has 1 aromatic heterocycles. The monoisotopic (exact) mass is 358 g/mol. The van der Waals surface area contributed by atoms with Gasteiger partial charge in [0.2, 0.25) is 5.95 Å². The third-order valence-corrected chi connectivity index (χ3v) is 4.93. The number of carbonyl (C=O) groups is 1. The van der Waals surface area contributed by atoms with Gasteiger partial charge in [-0.1, -0.05) is 19.1 Å². The first-order valence-corrected chi connectivity index (χ1v) is 9.22. The first kappa shape index (κ1) is 18.5. The quantitative estimate of drug-likeness (QED) is 0.628. The molecule has 1 aliphatic rings. The molecule has 1 unspecified atom stereocenters. The maximum absolute atomic E-state index is 12.6. The number of rotatable bonds is 6. The number of anilines is 1. The molecule has 0 radical (unpaired) electrons. The number of nitrogens with one attached hydrogen (secondary N) is 2. The largest absolute Gasteiger partial charge is 0.394 e. The molecule has 1 fully saturated rings. The second kappa shape index (κ2) is 8.42. The molecule has 1 heterocycles. The molecule has 2 aromatic rings. The second-order valence-corrected chi connectivity index (χ2v) is 6.85. The Morgan fingerprint density at radius 3 is 2.77 bits per heavy atom. The third kappa shape index (κ3) is 4.28. The highest BCUT2D eigenvalue weighted by molar-refractivity contribution is 6.05. The third-order valence-electron chi connectivity index (χ3n) is 4.93. The number of aromatic nitrogens is 2. The number of carbonyl (C=O) groups excluding carboxylic acids is 1. The van der Waals surface area contributed by atoms with Gasteiger partial charge in [-0.3, -0.25) is 4.79 Å². The minimum Gasteiger partial charge on any atom is -0.394 e. The number of para-hydroxylation sites is 1. The van der Waals surface area contributed by atoms with Crippen molar-refractivity contribution in [3.05, 3.63) is 30.0 Å². The highest BCUT2D eigenvalue weighted by atomic mass is 16.3. The molecule has 26 heavy (non-hydrogen) atoms. The normalized spacial score (nSPS) is 21.3. The van der Waals surface area contributed by atoms with Crippen LogP contribution in [0.4, 0.5) is 5.95 Å². The Kier molecular flexibility index (Phi) is 6.00. The summed E-state index contributed by atoms with van der Waals surface area (Å²) in [6.45, 7) is 1.82. The Morgan fingerprint density at radius 2 is 2.08 bits per heavy atom. The van der Waals surface area contributed by atoms with E-state index in [1.807, 2.05) is 13.0 Å². The van der Waals surface area contributed by atoms with Crippen molar-refractivity contribution in [3.63, 3.8) is 0 Å². The minimum atomic E-state index is -0.272. The van der Waals surface area contributed by atoms with Gasteiger partial charge in [0.05, 0.1) is 29.8 Å². The van der Waals surface area contributed by atoms with Crippen LogP contribution in [0, 0.1) is 0 Å². The Bertz CT molecular complexity index is 756. The van der Waals surface area contributed by atoms with Crippen LogP contribution in [-0.2, 0) is 0 Å². The van der Waals surface area contributed by atoms with Crippen LogP contribution >= 0.6 is 0 Å². The number of amides is 1. The molecule has 1 saturated carbocycles. The zero-order valence-electron chi connectivity index (χ0n) is 15.0. The Labute approximate surface area is 152 Å². The molecular formula is C19H26N4O3. The topological polar surface area (TPSA) is 107 Å². The molecule has 1 aromatic carbocycles. The van der Waals surface area contributed by atoms with E-state index >= 15 is 0 Å². The van der Waals surface area contributed by atoms with Gasteiger partial charge in [0.25, 0.3) is 5.91 Å². The molecule has 1 amide bonds. The van der Waals surface area contributed by atoms with Gasteiger partial charge in [-0.2, -0.15) is 0 Å². The standard InChI is InChI=1S/C19H26N4O3/c1-2-13(11-24)21-18(26)16-5-3-4-12-10-20-19(23-17(12)16)22-14-6-8-15(25)9-7-14/h3-5,10,13-15,24-25H,2,6-9,11H2,1H3,(H,21,26)(H,20,22,23)/t13?,14-,15-. The van der Waals surface area contributed by atoms with Gasteiger partial charge in [0, 0.05) is 17.6 Å². The maximum Gasteiger partial charge on any atom is 0.253 e. The number of hydrogen-bond donors (Lipinski definition) is 4. The van der Waals surface area contributed by atoms with Crippen LogP contribution in [0.2, 0.25) is 0 Å². The van der Waals surface area contributed by atoms with Crippen LogP contribution in [-0.4, -0.2) is 50.9 Å². The first-order valence-electron chi connectivity index (χ1n) is 9.22. The van der Waals surface area contributed by atoms with Crippen LogP contribution in [0.15, 0.2) is 24.4 Å². The summed E-state index contributed by atoms with van der Waals surface area (Å²) in [7, 11) is 0. The second-order valence-electron chi connectivity index (χ2n) is 6.85. The van der Waals surface area contributed by atoms with Crippen molar-refractivity contribution in [1.29, 1.82) is 0 Å². The lowest BCUT2D eigenvalue weighted by Gasteiger charge is -2.26. The van der Waals surface area contributed by atoms with E-state index in [1.165, 1.54) is 0 Å². The van der Waals surface area contributed by atoms with Gasteiger partial charge in [-0.25, -0.2) is 9.97 Å². The SMILES string of the molecule is CCC(CO)NC(=O)c1cccc2cnc(N[C@H]3CC[C@H](O)CC3)nc12. The summed E-state index contributed by atoms with van der Waals surface area (Å²) >= 11 is 0. The zero-order valence-corrected chi connectivity index (χ0v) is 15.0. The summed E-state index contributed by atoms with van der Waals surface area (Å²) in [6.07, 6.45) is 5.46. The summed E-state index contributed by atoms with van der Waals surface area (Å²) in [6, 6.07) is 5.36. The van der Waals surface area contributed by atoms with Crippen LogP contribution in [0.25, 0.3) is 10.9 Å². The number of nitrogens with zero attached hydrogens (tertiary/aromatic N) is 2. The van der Waals surface area contributed by atoms with Crippen LogP contribution < -0.4 is 10.6 Å². The van der Waals surface area contributed by atoms with Gasteiger partial charge >= 0.3 is 0 Å². The fraction of sp³-hybridized carbons (Fsp3) is 0.526.